The second-order valence-corrected chi connectivity index (χ2v) is 3.59. The van der Waals surface area contributed by atoms with Crippen molar-refractivity contribution in [2.45, 2.75) is 52.9 Å². The van der Waals surface area contributed by atoms with Crippen molar-refractivity contribution in [1.82, 2.24) is 0 Å². The number of carbonyl (C=O) groups excluding carboxylic acids is 2. The van der Waals surface area contributed by atoms with Crippen molar-refractivity contribution in [3.8, 4) is 0 Å². The molecule has 0 spiro atoms. The van der Waals surface area contributed by atoms with Gasteiger partial charge in [0.05, 0.1) is 6.42 Å². The molecule has 13 heavy (non-hydrogen) atoms. The Morgan fingerprint density at radius 1 is 1.23 bits per heavy atom. The molecule has 0 heterocycles. The van der Waals surface area contributed by atoms with Crippen molar-refractivity contribution in [3.63, 3.8) is 0 Å². The molecule has 0 bridgehead atoms. The van der Waals surface area contributed by atoms with Crippen molar-refractivity contribution >= 4 is 11.6 Å². The molecular weight excluding hydrogens is 164 g/mol. The molecule has 0 aliphatic heterocycles. The van der Waals surface area contributed by atoms with Crippen LogP contribution >= 0.6 is 0 Å². The Balaban J connectivity index is 3.91. The Bertz CT molecular complexity index is 173. The molecule has 0 unspecified atom stereocenters. The van der Waals surface area contributed by atoms with Gasteiger partial charge in [-0.3, -0.25) is 9.59 Å². The smallest absolute Gasteiger partial charge is 0.143 e. The van der Waals surface area contributed by atoms with E-state index in [4.69, 9.17) is 0 Å². The van der Waals surface area contributed by atoms with Crippen molar-refractivity contribution in [2.75, 3.05) is 0 Å². The summed E-state index contributed by atoms with van der Waals surface area (Å²) in [5.41, 5.74) is 0. The molecule has 0 aromatic carbocycles. The van der Waals surface area contributed by atoms with Crippen molar-refractivity contribution in [2.24, 2.45) is 5.92 Å². The molecule has 0 fully saturated rings. The lowest BCUT2D eigenvalue weighted by atomic mass is 9.92. The lowest BCUT2D eigenvalue weighted by Crippen LogP contribution is -2.16. The summed E-state index contributed by atoms with van der Waals surface area (Å²) >= 11 is 0. The van der Waals surface area contributed by atoms with Crippen molar-refractivity contribution in [3.05, 3.63) is 0 Å². The molecule has 76 valence electrons. The third-order valence-corrected chi connectivity index (χ3v) is 2.28. The third-order valence-electron chi connectivity index (χ3n) is 2.28. The van der Waals surface area contributed by atoms with Gasteiger partial charge < -0.3 is 0 Å². The normalized spacial score (nSPS) is 12.5. The summed E-state index contributed by atoms with van der Waals surface area (Å²) in [4.78, 5) is 22.2. The van der Waals surface area contributed by atoms with Crippen LogP contribution in [0.15, 0.2) is 0 Å². The Morgan fingerprint density at radius 3 is 2.23 bits per heavy atom. The molecule has 2 nitrogen and oxygen atoms in total. The summed E-state index contributed by atoms with van der Waals surface area (Å²) in [5.74, 6) is 0.229. The minimum Gasteiger partial charge on any atom is -0.300 e. The summed E-state index contributed by atoms with van der Waals surface area (Å²) in [7, 11) is 0. The first kappa shape index (κ1) is 12.3. The van der Waals surface area contributed by atoms with Gasteiger partial charge in [-0.2, -0.15) is 0 Å². The molecule has 0 amide bonds. The van der Waals surface area contributed by atoms with Gasteiger partial charge in [-0.1, -0.05) is 26.7 Å². The van der Waals surface area contributed by atoms with Crippen LogP contribution in [-0.2, 0) is 9.59 Å². The van der Waals surface area contributed by atoms with Gasteiger partial charge in [-0.25, -0.2) is 0 Å². The lowest BCUT2D eigenvalue weighted by Gasteiger charge is -2.11. The molecule has 0 aliphatic carbocycles. The summed E-state index contributed by atoms with van der Waals surface area (Å²) < 4.78 is 0. The van der Waals surface area contributed by atoms with E-state index in [1.165, 1.54) is 6.92 Å². The Morgan fingerprint density at radius 2 is 1.85 bits per heavy atom. The quantitative estimate of drug-likeness (QED) is 0.570. The number of Topliss-reactive ketones (excluding diaryl/α,β-unsaturated/α-hetero) is 2. The number of ketones is 2. The van der Waals surface area contributed by atoms with Gasteiger partial charge in [0, 0.05) is 5.92 Å². The average molecular weight is 184 g/mol. The zero-order chi connectivity index (χ0) is 10.3. The Labute approximate surface area is 80.7 Å². The molecule has 0 N–H and O–H groups in total. The molecule has 0 aliphatic rings. The van der Waals surface area contributed by atoms with Gasteiger partial charge >= 0.3 is 0 Å². The fourth-order valence-corrected chi connectivity index (χ4v) is 1.43. The van der Waals surface area contributed by atoms with E-state index in [1.807, 2.05) is 6.92 Å². The maximum Gasteiger partial charge on any atom is 0.143 e. The molecule has 0 saturated heterocycles. The molecule has 0 radical (unpaired) electrons. The zero-order valence-corrected chi connectivity index (χ0v) is 8.93. The van der Waals surface area contributed by atoms with Crippen LogP contribution in [0.3, 0.4) is 0 Å². The van der Waals surface area contributed by atoms with Gasteiger partial charge in [0.25, 0.3) is 0 Å². The van der Waals surface area contributed by atoms with Crippen LogP contribution in [0.1, 0.15) is 52.9 Å². The predicted molar refractivity (Wildman–Crippen MR) is 53.6 cm³/mol. The first-order valence-corrected chi connectivity index (χ1v) is 5.13. The van der Waals surface area contributed by atoms with E-state index >= 15 is 0 Å². The maximum atomic E-state index is 11.5. The molecule has 2 heteroatoms. The highest BCUT2D eigenvalue weighted by Crippen LogP contribution is 2.15. The van der Waals surface area contributed by atoms with E-state index in [1.54, 1.807) is 0 Å². The first-order chi connectivity index (χ1) is 6.11. The molecule has 0 aromatic heterocycles. The van der Waals surface area contributed by atoms with Gasteiger partial charge in [0.1, 0.15) is 11.6 Å². The topological polar surface area (TPSA) is 34.1 Å². The van der Waals surface area contributed by atoms with Crippen LogP contribution in [0, 0.1) is 5.92 Å². The fraction of sp³-hybridized carbons (Fsp3) is 0.818. The summed E-state index contributed by atoms with van der Waals surface area (Å²) in [6, 6.07) is 0. The summed E-state index contributed by atoms with van der Waals surface area (Å²) in [6.07, 6.45) is 4.14. The number of rotatable bonds is 7. The average Bonchev–Trinajstić information content (AvgIpc) is 2.04. The second-order valence-electron chi connectivity index (χ2n) is 3.59. The van der Waals surface area contributed by atoms with Crippen LogP contribution in [0.4, 0.5) is 0 Å². The SMILES string of the molecule is CCCC[C@@H](CC)C(=O)CC(C)=O. The highest BCUT2D eigenvalue weighted by atomic mass is 16.1. The molecule has 0 aromatic rings. The summed E-state index contributed by atoms with van der Waals surface area (Å²) in [5, 5.41) is 0. The van der Waals surface area contributed by atoms with Gasteiger partial charge in [-0.15, -0.1) is 0 Å². The Kier molecular flexibility index (Phi) is 6.47. The molecule has 1 atom stereocenters. The second kappa shape index (κ2) is 6.81. The standard InChI is InChI=1S/C11H20O2/c1-4-6-7-10(5-2)11(13)8-9(3)12/h10H,4-8H2,1-3H3/t10-/m1/s1. The number of unbranched alkanes of at least 4 members (excludes halogenated alkanes) is 1. The van der Waals surface area contributed by atoms with E-state index in [2.05, 4.69) is 6.92 Å². The molecular formula is C11H20O2. The number of carbonyl (C=O) groups is 2. The molecule has 0 rings (SSSR count). The predicted octanol–water partition coefficient (Wildman–Crippen LogP) is 2.75. The minimum atomic E-state index is -0.0139. The third kappa shape index (κ3) is 5.56. The minimum absolute atomic E-state index is 0.0139. The summed E-state index contributed by atoms with van der Waals surface area (Å²) in [6.45, 7) is 5.60. The molecule has 0 saturated carbocycles. The van der Waals surface area contributed by atoms with Crippen LogP contribution in [0.2, 0.25) is 0 Å². The van der Waals surface area contributed by atoms with E-state index in [0.29, 0.717) is 0 Å². The zero-order valence-electron chi connectivity index (χ0n) is 8.93. The van der Waals surface area contributed by atoms with E-state index < -0.39 is 0 Å². The van der Waals surface area contributed by atoms with Crippen molar-refractivity contribution in [1.29, 1.82) is 0 Å². The van der Waals surface area contributed by atoms with E-state index in [9.17, 15) is 9.59 Å². The van der Waals surface area contributed by atoms with Crippen LogP contribution in [0.25, 0.3) is 0 Å². The van der Waals surface area contributed by atoms with Crippen LogP contribution in [0.5, 0.6) is 0 Å². The monoisotopic (exact) mass is 184 g/mol. The van der Waals surface area contributed by atoms with Gasteiger partial charge in [0.2, 0.25) is 0 Å². The largest absolute Gasteiger partial charge is 0.300 e. The Hall–Kier alpha value is -0.660. The highest BCUT2D eigenvalue weighted by Gasteiger charge is 2.16. The number of hydrogen-bond donors (Lipinski definition) is 0. The van der Waals surface area contributed by atoms with Gasteiger partial charge in [0.15, 0.2) is 0 Å². The fourth-order valence-electron chi connectivity index (χ4n) is 1.43. The maximum absolute atomic E-state index is 11.5. The highest BCUT2D eigenvalue weighted by molar-refractivity contribution is 5.98. The van der Waals surface area contributed by atoms with E-state index in [-0.39, 0.29) is 23.9 Å². The van der Waals surface area contributed by atoms with Crippen molar-refractivity contribution < 1.29 is 9.59 Å². The van der Waals surface area contributed by atoms with E-state index in [0.717, 1.165) is 25.7 Å². The lowest BCUT2D eigenvalue weighted by molar-refractivity contribution is -0.128. The first-order valence-electron chi connectivity index (χ1n) is 5.13. The number of hydrogen-bond acceptors (Lipinski definition) is 2. The van der Waals surface area contributed by atoms with Gasteiger partial charge in [-0.05, 0) is 19.8 Å². The van der Waals surface area contributed by atoms with Crippen LogP contribution < -0.4 is 0 Å². The van der Waals surface area contributed by atoms with Crippen LogP contribution in [-0.4, -0.2) is 11.6 Å².